The Hall–Kier alpha value is -2.14. The van der Waals surface area contributed by atoms with E-state index in [1.807, 2.05) is 36.4 Å². The zero-order valence-electron chi connectivity index (χ0n) is 12.7. The molecule has 0 spiro atoms. The first-order valence-corrected chi connectivity index (χ1v) is 7.92. The number of methoxy groups -OCH3 is 2. The number of para-hydroxylation sites is 1. The Morgan fingerprint density at radius 1 is 1.05 bits per heavy atom. The summed E-state index contributed by atoms with van der Waals surface area (Å²) in [6.07, 6.45) is 0.430. The molecule has 0 aliphatic carbocycles. The van der Waals surface area contributed by atoms with E-state index in [1.165, 1.54) is 0 Å². The standard InChI is InChI=1S/C17H19NO3S/c1-20-15-10-6-9-14(17(15)21-2)18-16(19)11-12-22-13-7-4-3-5-8-13/h3-10H,11-12H2,1-2H3,(H,18,19). The highest BCUT2D eigenvalue weighted by Crippen LogP contribution is 2.34. The van der Waals surface area contributed by atoms with Crippen molar-refractivity contribution in [1.82, 2.24) is 0 Å². The molecule has 2 rings (SSSR count). The van der Waals surface area contributed by atoms with Gasteiger partial charge < -0.3 is 14.8 Å². The van der Waals surface area contributed by atoms with Gasteiger partial charge in [-0.3, -0.25) is 4.79 Å². The van der Waals surface area contributed by atoms with Gasteiger partial charge in [-0.25, -0.2) is 0 Å². The summed E-state index contributed by atoms with van der Waals surface area (Å²) in [5.74, 6) is 1.81. The molecule has 2 aromatic rings. The van der Waals surface area contributed by atoms with Gasteiger partial charge in [0.15, 0.2) is 11.5 Å². The van der Waals surface area contributed by atoms with Gasteiger partial charge in [-0.15, -0.1) is 11.8 Å². The van der Waals surface area contributed by atoms with Gasteiger partial charge in [-0.05, 0) is 24.3 Å². The zero-order chi connectivity index (χ0) is 15.8. The zero-order valence-corrected chi connectivity index (χ0v) is 13.5. The van der Waals surface area contributed by atoms with Crippen LogP contribution in [0.25, 0.3) is 0 Å². The Bertz CT molecular complexity index is 617. The summed E-state index contributed by atoms with van der Waals surface area (Å²) in [6.45, 7) is 0. The van der Waals surface area contributed by atoms with Crippen LogP contribution in [0.3, 0.4) is 0 Å². The molecule has 0 fully saturated rings. The summed E-state index contributed by atoms with van der Waals surface area (Å²) in [7, 11) is 3.12. The fraction of sp³-hybridized carbons (Fsp3) is 0.235. The van der Waals surface area contributed by atoms with Gasteiger partial charge in [0.25, 0.3) is 0 Å². The van der Waals surface area contributed by atoms with Gasteiger partial charge in [-0.2, -0.15) is 0 Å². The second-order valence-corrected chi connectivity index (χ2v) is 5.67. The second kappa shape index (κ2) is 8.34. The number of rotatable bonds is 7. The van der Waals surface area contributed by atoms with Gasteiger partial charge in [0, 0.05) is 17.1 Å². The average molecular weight is 317 g/mol. The van der Waals surface area contributed by atoms with E-state index in [0.717, 1.165) is 10.6 Å². The highest BCUT2D eigenvalue weighted by molar-refractivity contribution is 7.99. The lowest BCUT2D eigenvalue weighted by Gasteiger charge is -2.13. The maximum Gasteiger partial charge on any atom is 0.225 e. The molecule has 0 aliphatic rings. The number of anilines is 1. The molecule has 0 heterocycles. The predicted molar refractivity (Wildman–Crippen MR) is 90.0 cm³/mol. The van der Waals surface area contributed by atoms with E-state index in [-0.39, 0.29) is 5.91 Å². The molecule has 0 saturated carbocycles. The van der Waals surface area contributed by atoms with Crippen LogP contribution >= 0.6 is 11.8 Å². The third kappa shape index (κ3) is 4.43. The molecule has 1 amide bonds. The molecule has 2 aromatic carbocycles. The topological polar surface area (TPSA) is 47.6 Å². The van der Waals surface area contributed by atoms with Crippen LogP contribution in [0, 0.1) is 0 Å². The summed E-state index contributed by atoms with van der Waals surface area (Å²) in [5, 5.41) is 2.87. The first-order chi connectivity index (χ1) is 10.7. The Labute approximate surface area is 134 Å². The van der Waals surface area contributed by atoms with E-state index in [9.17, 15) is 4.79 Å². The molecule has 0 atom stereocenters. The van der Waals surface area contributed by atoms with Crippen molar-refractivity contribution in [2.75, 3.05) is 25.3 Å². The van der Waals surface area contributed by atoms with Gasteiger partial charge >= 0.3 is 0 Å². The van der Waals surface area contributed by atoms with Crippen molar-refractivity contribution in [3.8, 4) is 11.5 Å². The quantitative estimate of drug-likeness (QED) is 0.789. The minimum Gasteiger partial charge on any atom is -0.493 e. The van der Waals surface area contributed by atoms with Crippen LogP contribution in [-0.4, -0.2) is 25.9 Å². The SMILES string of the molecule is COc1cccc(NC(=O)CCSc2ccccc2)c1OC. The van der Waals surface area contributed by atoms with Crippen molar-refractivity contribution in [3.63, 3.8) is 0 Å². The van der Waals surface area contributed by atoms with Crippen LogP contribution < -0.4 is 14.8 Å². The Morgan fingerprint density at radius 2 is 1.82 bits per heavy atom. The van der Waals surface area contributed by atoms with Crippen molar-refractivity contribution in [2.24, 2.45) is 0 Å². The van der Waals surface area contributed by atoms with Crippen molar-refractivity contribution in [3.05, 3.63) is 48.5 Å². The molecule has 116 valence electrons. The number of carbonyl (C=O) groups excluding carboxylic acids is 1. The predicted octanol–water partition coefficient (Wildman–Crippen LogP) is 3.82. The van der Waals surface area contributed by atoms with Crippen LogP contribution in [0.15, 0.2) is 53.4 Å². The average Bonchev–Trinajstić information content (AvgIpc) is 2.55. The molecule has 0 aromatic heterocycles. The van der Waals surface area contributed by atoms with Crippen molar-refractivity contribution in [2.45, 2.75) is 11.3 Å². The lowest BCUT2D eigenvalue weighted by molar-refractivity contribution is -0.115. The van der Waals surface area contributed by atoms with E-state index in [2.05, 4.69) is 5.32 Å². The van der Waals surface area contributed by atoms with Gasteiger partial charge in [-0.1, -0.05) is 24.3 Å². The number of thioether (sulfide) groups is 1. The van der Waals surface area contributed by atoms with E-state index >= 15 is 0 Å². The molecular formula is C17H19NO3S. The molecule has 4 nitrogen and oxygen atoms in total. The number of amides is 1. The number of hydrogen-bond acceptors (Lipinski definition) is 4. The van der Waals surface area contributed by atoms with E-state index in [1.54, 1.807) is 38.1 Å². The summed E-state index contributed by atoms with van der Waals surface area (Å²) in [5.41, 5.74) is 0.622. The Balaban J connectivity index is 1.89. The number of benzene rings is 2. The Kier molecular flexibility index (Phi) is 6.15. The molecule has 1 N–H and O–H groups in total. The minimum absolute atomic E-state index is 0.0463. The molecule has 0 bridgehead atoms. The summed E-state index contributed by atoms with van der Waals surface area (Å²) >= 11 is 1.66. The third-order valence-electron chi connectivity index (χ3n) is 3.02. The maximum atomic E-state index is 12.0. The van der Waals surface area contributed by atoms with Crippen LogP contribution in [0.2, 0.25) is 0 Å². The maximum absolute atomic E-state index is 12.0. The van der Waals surface area contributed by atoms with Gasteiger partial charge in [0.1, 0.15) is 0 Å². The first-order valence-electron chi connectivity index (χ1n) is 6.93. The first kappa shape index (κ1) is 16.2. The van der Waals surface area contributed by atoms with Gasteiger partial charge in [0.2, 0.25) is 5.91 Å². The van der Waals surface area contributed by atoms with E-state index in [0.29, 0.717) is 23.6 Å². The van der Waals surface area contributed by atoms with Crippen LogP contribution in [0.5, 0.6) is 11.5 Å². The molecular weight excluding hydrogens is 298 g/mol. The lowest BCUT2D eigenvalue weighted by atomic mass is 10.2. The minimum atomic E-state index is -0.0463. The molecule has 0 aliphatic heterocycles. The molecule has 5 heteroatoms. The normalized spacial score (nSPS) is 10.1. The fourth-order valence-corrected chi connectivity index (χ4v) is 2.85. The van der Waals surface area contributed by atoms with Crippen molar-refractivity contribution >= 4 is 23.4 Å². The largest absolute Gasteiger partial charge is 0.493 e. The molecule has 0 unspecified atom stereocenters. The van der Waals surface area contributed by atoms with Gasteiger partial charge in [0.05, 0.1) is 19.9 Å². The molecule has 22 heavy (non-hydrogen) atoms. The third-order valence-corrected chi connectivity index (χ3v) is 4.03. The van der Waals surface area contributed by atoms with Crippen molar-refractivity contribution < 1.29 is 14.3 Å². The highest BCUT2D eigenvalue weighted by atomic mass is 32.2. The fourth-order valence-electron chi connectivity index (χ4n) is 1.98. The number of ether oxygens (including phenoxy) is 2. The lowest BCUT2D eigenvalue weighted by Crippen LogP contribution is -2.13. The highest BCUT2D eigenvalue weighted by Gasteiger charge is 2.12. The summed E-state index contributed by atoms with van der Waals surface area (Å²) in [6, 6.07) is 15.4. The molecule has 0 radical (unpaired) electrons. The van der Waals surface area contributed by atoms with Crippen LogP contribution in [0.4, 0.5) is 5.69 Å². The molecule has 0 saturated heterocycles. The smallest absolute Gasteiger partial charge is 0.225 e. The number of hydrogen-bond donors (Lipinski definition) is 1. The number of nitrogens with one attached hydrogen (secondary N) is 1. The van der Waals surface area contributed by atoms with Crippen LogP contribution in [0.1, 0.15) is 6.42 Å². The monoisotopic (exact) mass is 317 g/mol. The van der Waals surface area contributed by atoms with E-state index < -0.39 is 0 Å². The second-order valence-electron chi connectivity index (χ2n) is 4.50. The van der Waals surface area contributed by atoms with E-state index in [4.69, 9.17) is 9.47 Å². The number of carbonyl (C=O) groups is 1. The summed E-state index contributed by atoms with van der Waals surface area (Å²) < 4.78 is 10.5. The Morgan fingerprint density at radius 3 is 2.50 bits per heavy atom. The summed E-state index contributed by atoms with van der Waals surface area (Å²) in [4.78, 5) is 13.2. The van der Waals surface area contributed by atoms with Crippen LogP contribution in [-0.2, 0) is 4.79 Å². The van der Waals surface area contributed by atoms with Crippen molar-refractivity contribution in [1.29, 1.82) is 0 Å².